The molecule has 2 saturated heterocycles. The largest absolute Gasteiger partial charge is 0.365 e. The van der Waals surface area contributed by atoms with E-state index in [4.69, 9.17) is 0 Å². The number of alkyl halides is 2. The minimum atomic E-state index is -1.59. The van der Waals surface area contributed by atoms with Gasteiger partial charge in [-0.15, -0.1) is 0 Å². The van der Waals surface area contributed by atoms with Gasteiger partial charge in [0.15, 0.2) is 8.24 Å². The zero-order valence-electron chi connectivity index (χ0n) is 13.5. The lowest BCUT2D eigenvalue weighted by atomic mass is 10.1. The molecule has 2 aliphatic heterocycles. The van der Waals surface area contributed by atoms with Gasteiger partial charge in [0.1, 0.15) is 0 Å². The topological polar surface area (TPSA) is 49.4 Å². The van der Waals surface area contributed by atoms with Gasteiger partial charge in [0.05, 0.1) is 0 Å². The summed E-state index contributed by atoms with van der Waals surface area (Å²) in [6.45, 7) is 11.4. The van der Waals surface area contributed by atoms with E-state index >= 15 is 0 Å². The third-order valence-corrected chi connectivity index (χ3v) is 12.2. The van der Waals surface area contributed by atoms with Crippen molar-refractivity contribution in [2.75, 3.05) is 8.86 Å². The Balaban J connectivity index is 0.000000262. The second kappa shape index (κ2) is 7.46. The van der Waals surface area contributed by atoms with Crippen molar-refractivity contribution in [1.82, 2.24) is 9.88 Å². The molecule has 0 radical (unpaired) electrons. The molecule has 0 bridgehead atoms. The van der Waals surface area contributed by atoms with Crippen LogP contribution in [0.4, 0.5) is 0 Å². The van der Waals surface area contributed by atoms with Crippen molar-refractivity contribution in [2.24, 2.45) is 0 Å². The van der Waals surface area contributed by atoms with E-state index in [-0.39, 0.29) is 10.9 Å². The van der Waals surface area contributed by atoms with E-state index in [1.165, 1.54) is 0 Å². The zero-order valence-corrected chi connectivity index (χ0v) is 18.8. The number of halogens is 2. The molecule has 7 heteroatoms. The van der Waals surface area contributed by atoms with Crippen LogP contribution in [0.25, 0.3) is 0 Å². The molecule has 0 saturated carbocycles. The molecule has 2 heterocycles. The molecule has 2 fully saturated rings. The SMILES string of the molecule is CC(C)(C)[Si](C)(C)N1C(=O)C[C@H]1CI.O=C1C[C@@H](CI)N1. The Morgan fingerprint density at radius 2 is 1.71 bits per heavy atom. The van der Waals surface area contributed by atoms with E-state index in [0.717, 1.165) is 21.7 Å². The summed E-state index contributed by atoms with van der Waals surface area (Å²) in [6.07, 6.45) is 1.51. The monoisotopic (exact) mass is 536 g/mol. The molecule has 0 aromatic heterocycles. The van der Waals surface area contributed by atoms with E-state index in [1.807, 2.05) is 0 Å². The highest BCUT2D eigenvalue weighted by Crippen LogP contribution is 2.43. The lowest BCUT2D eigenvalue weighted by Crippen LogP contribution is -2.68. The number of hydrogen-bond acceptors (Lipinski definition) is 2. The molecule has 21 heavy (non-hydrogen) atoms. The third kappa shape index (κ3) is 4.55. The highest BCUT2D eigenvalue weighted by Gasteiger charge is 2.51. The van der Waals surface area contributed by atoms with Crippen LogP contribution >= 0.6 is 45.2 Å². The Morgan fingerprint density at radius 1 is 1.19 bits per heavy atom. The molecule has 0 spiro atoms. The molecule has 0 unspecified atom stereocenters. The summed E-state index contributed by atoms with van der Waals surface area (Å²) < 4.78 is 4.33. The van der Waals surface area contributed by atoms with Gasteiger partial charge in [-0.25, -0.2) is 0 Å². The molecule has 122 valence electrons. The summed E-state index contributed by atoms with van der Waals surface area (Å²) in [5, 5.41) is 3.02. The standard InChI is InChI=1S/C10H20INOSi.C4H6INO/c1-10(2,3)14(4,5)12-8(7-11)6-9(12)13;5-2-3-1-4(7)6-3/h8H,6-7H2,1-5H3;3H,1-2H2,(H,6,7)/t8-;3-/m00/s1. The minimum Gasteiger partial charge on any atom is -0.365 e. The number of nitrogens with one attached hydrogen (secondary N) is 1. The first-order valence-corrected chi connectivity index (χ1v) is 13.3. The quantitative estimate of drug-likeness (QED) is 0.261. The molecular weight excluding hydrogens is 510 g/mol. The lowest BCUT2D eigenvalue weighted by molar-refractivity contribution is -0.138. The summed E-state index contributed by atoms with van der Waals surface area (Å²) >= 11 is 4.65. The van der Waals surface area contributed by atoms with Crippen molar-refractivity contribution in [2.45, 2.75) is 63.8 Å². The van der Waals surface area contributed by atoms with Gasteiger partial charge in [-0.2, -0.15) is 0 Å². The summed E-state index contributed by atoms with van der Waals surface area (Å²) in [5.74, 6) is 0.569. The molecule has 0 aliphatic carbocycles. The number of carbonyl (C=O) groups excluding carboxylic acids is 2. The number of rotatable bonds is 3. The Kier molecular flexibility index (Phi) is 6.98. The fourth-order valence-electron chi connectivity index (χ4n) is 2.26. The zero-order chi connectivity index (χ0) is 16.4. The molecule has 2 atom stereocenters. The Bertz CT molecular complexity index is 402. The van der Waals surface area contributed by atoms with Crippen LogP contribution in [0.5, 0.6) is 0 Å². The first kappa shape index (κ1) is 19.7. The van der Waals surface area contributed by atoms with Crippen LogP contribution in [-0.4, -0.2) is 45.6 Å². The van der Waals surface area contributed by atoms with Gasteiger partial charge in [0.2, 0.25) is 11.8 Å². The van der Waals surface area contributed by atoms with E-state index in [2.05, 4.69) is 88.9 Å². The maximum Gasteiger partial charge on any atom is 0.222 e. The van der Waals surface area contributed by atoms with Crippen LogP contribution in [0, 0.1) is 0 Å². The van der Waals surface area contributed by atoms with Crippen LogP contribution in [0.1, 0.15) is 33.6 Å². The number of nitrogens with zero attached hydrogens (tertiary/aromatic N) is 1. The van der Waals surface area contributed by atoms with Crippen LogP contribution < -0.4 is 5.32 Å². The molecular formula is C14H26I2N2O2Si. The molecule has 2 rings (SSSR count). The van der Waals surface area contributed by atoms with Crippen LogP contribution in [0.3, 0.4) is 0 Å². The first-order valence-electron chi connectivity index (χ1n) is 7.28. The molecule has 2 amide bonds. The van der Waals surface area contributed by atoms with Gasteiger partial charge >= 0.3 is 0 Å². The van der Waals surface area contributed by atoms with E-state index in [9.17, 15) is 9.59 Å². The smallest absolute Gasteiger partial charge is 0.222 e. The third-order valence-electron chi connectivity index (χ3n) is 4.64. The Labute approximate surface area is 156 Å². The maximum absolute atomic E-state index is 11.7. The number of hydrogen-bond donors (Lipinski definition) is 1. The molecule has 4 nitrogen and oxygen atoms in total. The average Bonchev–Trinajstić information content (AvgIpc) is 2.30. The normalized spacial score (nSPS) is 25.4. The maximum atomic E-state index is 11.7. The van der Waals surface area contributed by atoms with E-state index in [1.54, 1.807) is 0 Å². The van der Waals surface area contributed by atoms with Crippen molar-refractivity contribution < 1.29 is 9.59 Å². The van der Waals surface area contributed by atoms with Crippen LogP contribution in [0.2, 0.25) is 18.1 Å². The van der Waals surface area contributed by atoms with Crippen LogP contribution in [0.15, 0.2) is 0 Å². The van der Waals surface area contributed by atoms with Crippen LogP contribution in [-0.2, 0) is 9.59 Å². The number of carbonyl (C=O) groups is 2. The highest BCUT2D eigenvalue weighted by atomic mass is 127. The van der Waals surface area contributed by atoms with E-state index < -0.39 is 8.24 Å². The summed E-state index contributed by atoms with van der Waals surface area (Å²) in [4.78, 5) is 21.8. The van der Waals surface area contributed by atoms with Gasteiger partial charge in [-0.1, -0.05) is 79.0 Å². The molecule has 0 aromatic rings. The lowest BCUT2D eigenvalue weighted by Gasteiger charge is -2.54. The first-order chi connectivity index (χ1) is 9.54. The Hall–Kier alpha value is 0.617. The summed E-state index contributed by atoms with van der Waals surface area (Å²) in [5.41, 5.74) is 0. The van der Waals surface area contributed by atoms with Crippen molar-refractivity contribution in [3.05, 3.63) is 0 Å². The molecule has 0 aromatic carbocycles. The minimum absolute atomic E-state index is 0.196. The van der Waals surface area contributed by atoms with E-state index in [0.29, 0.717) is 18.0 Å². The Morgan fingerprint density at radius 3 is 1.95 bits per heavy atom. The predicted octanol–water partition coefficient (Wildman–Crippen LogP) is 3.34. The van der Waals surface area contributed by atoms with Gasteiger partial charge in [-0.05, 0) is 5.04 Å². The van der Waals surface area contributed by atoms with Crippen molar-refractivity contribution >= 4 is 65.2 Å². The molecule has 1 N–H and O–H groups in total. The van der Waals surface area contributed by atoms with Gasteiger partial charge in [-0.3, -0.25) is 9.59 Å². The van der Waals surface area contributed by atoms with Gasteiger partial charge in [0, 0.05) is 33.8 Å². The van der Waals surface area contributed by atoms with Crippen molar-refractivity contribution in [3.8, 4) is 0 Å². The van der Waals surface area contributed by atoms with Crippen molar-refractivity contribution in [3.63, 3.8) is 0 Å². The second-order valence-corrected chi connectivity index (χ2v) is 14.1. The van der Waals surface area contributed by atoms with Gasteiger partial charge < -0.3 is 9.88 Å². The highest BCUT2D eigenvalue weighted by molar-refractivity contribution is 14.1. The molecule has 2 aliphatic rings. The fourth-order valence-corrected chi connectivity index (χ4v) is 6.40. The number of amides is 2. The summed E-state index contributed by atoms with van der Waals surface area (Å²) in [6, 6.07) is 0.997. The average molecular weight is 536 g/mol. The van der Waals surface area contributed by atoms with Crippen molar-refractivity contribution in [1.29, 1.82) is 0 Å². The number of β-lactam (4-membered cyclic amide) rings is 2. The predicted molar refractivity (Wildman–Crippen MR) is 107 cm³/mol. The van der Waals surface area contributed by atoms with Gasteiger partial charge in [0.25, 0.3) is 0 Å². The fraction of sp³-hybridized carbons (Fsp3) is 0.857. The summed E-state index contributed by atoms with van der Waals surface area (Å²) in [7, 11) is -1.59. The second-order valence-electron chi connectivity index (χ2n) is 7.21.